The summed E-state index contributed by atoms with van der Waals surface area (Å²) in [5.74, 6) is 1.96. The van der Waals surface area contributed by atoms with Crippen LogP contribution < -0.4 is 0 Å². The molecule has 0 aliphatic carbocycles. The Hall–Kier alpha value is -3.22. The molecule has 2 aliphatic heterocycles. The number of carbonyl (C=O) groups is 6. The van der Waals surface area contributed by atoms with E-state index in [2.05, 4.69) is 69.4 Å². The Balaban J connectivity index is -0.000000631. The van der Waals surface area contributed by atoms with Crippen molar-refractivity contribution in [3.05, 3.63) is 48.6 Å². The van der Waals surface area contributed by atoms with E-state index in [0.717, 1.165) is 116 Å². The third-order valence-electron chi connectivity index (χ3n) is 21.4. The van der Waals surface area contributed by atoms with E-state index in [1.54, 1.807) is 41.5 Å². The van der Waals surface area contributed by atoms with Gasteiger partial charge in [-0.25, -0.2) is 0 Å². The Bertz CT molecular complexity index is 2000. The molecule has 0 aromatic rings. The van der Waals surface area contributed by atoms with Gasteiger partial charge < -0.3 is 53.6 Å². The predicted octanol–water partition coefficient (Wildman–Crippen LogP) is 30.3. The van der Waals surface area contributed by atoms with Gasteiger partial charge in [0.2, 0.25) is 0 Å². The number of Topliss-reactive ketones (excluding diaryl/α,β-unsaturated/α-hetero) is 6. The summed E-state index contributed by atoms with van der Waals surface area (Å²) in [5.41, 5.74) is 0. The highest BCUT2D eigenvalue weighted by molar-refractivity contribution is 5.76. The molecule has 113 heavy (non-hydrogen) atoms. The fourth-order valence-electron chi connectivity index (χ4n) is 13.9. The lowest BCUT2D eigenvalue weighted by molar-refractivity contribution is -0.117. The summed E-state index contributed by atoms with van der Waals surface area (Å²) in [6.45, 7) is 17.9. The van der Waals surface area contributed by atoms with Gasteiger partial charge in [0, 0.05) is 58.3 Å². The van der Waals surface area contributed by atoms with Crippen LogP contribution in [0.4, 0.5) is 0 Å². The lowest BCUT2D eigenvalue weighted by Crippen LogP contribution is -1.95. The summed E-state index contributed by atoms with van der Waals surface area (Å²) in [5, 5.41) is 26.0. The molecule has 2 saturated heterocycles. The predicted molar refractivity (Wildman–Crippen MR) is 489 cm³/mol. The molecular weight excluding hydrogens is 1400 g/mol. The highest BCUT2D eigenvalue weighted by Crippen LogP contribution is 2.33. The molecule has 11 heteroatoms. The maximum absolute atomic E-state index is 10.8. The molecule has 666 valence electrons. The van der Waals surface area contributed by atoms with Crippen LogP contribution in [0.1, 0.15) is 525 Å². The molecule has 0 saturated carbocycles. The van der Waals surface area contributed by atoms with Gasteiger partial charge in [-0.1, -0.05) is 307 Å². The van der Waals surface area contributed by atoms with Gasteiger partial charge in [0.1, 0.15) is 34.7 Å². The fourth-order valence-corrected chi connectivity index (χ4v) is 13.9. The molecule has 2 fully saturated rings. The smallest absolute Gasteiger partial charge is 0.129 e. The number of hydrogen-bond acceptors (Lipinski definition) is 11. The number of rotatable bonds is 81. The first-order chi connectivity index (χ1) is 55.1. The highest BCUT2D eigenvalue weighted by atomic mass is 16.6. The van der Waals surface area contributed by atoms with Gasteiger partial charge in [0.25, 0.3) is 0 Å². The summed E-state index contributed by atoms with van der Waals surface area (Å²) >= 11 is 0. The molecule has 4 atom stereocenters. The molecular formula is C102H192O11. The van der Waals surface area contributed by atoms with Crippen LogP contribution in [0.25, 0.3) is 0 Å². The number of carbonyl (C=O) groups excluding carboxylic acids is 6. The molecule has 0 radical (unpaired) electrons. The van der Waals surface area contributed by atoms with Crippen LogP contribution in [0, 0.1) is 0 Å². The number of aliphatic hydroxyl groups is 3. The number of epoxide rings is 2. The van der Waals surface area contributed by atoms with Crippen molar-refractivity contribution in [1.82, 2.24) is 0 Å². The van der Waals surface area contributed by atoms with E-state index >= 15 is 0 Å². The van der Waals surface area contributed by atoms with Gasteiger partial charge in [-0.15, -0.1) is 0 Å². The van der Waals surface area contributed by atoms with Crippen molar-refractivity contribution in [2.75, 3.05) is 19.8 Å². The normalized spacial score (nSPS) is 14.7. The van der Waals surface area contributed by atoms with E-state index in [1.165, 1.54) is 347 Å². The van der Waals surface area contributed by atoms with Crippen LogP contribution in [0.15, 0.2) is 48.6 Å². The highest BCUT2D eigenvalue weighted by Gasteiger charge is 2.37. The molecule has 2 rings (SSSR count). The van der Waals surface area contributed by atoms with Crippen molar-refractivity contribution in [1.29, 1.82) is 0 Å². The third kappa shape index (κ3) is 115. The van der Waals surface area contributed by atoms with E-state index in [1.807, 2.05) is 0 Å². The van der Waals surface area contributed by atoms with E-state index in [4.69, 9.17) is 24.8 Å². The third-order valence-corrected chi connectivity index (χ3v) is 21.4. The van der Waals surface area contributed by atoms with Gasteiger partial charge in [-0.2, -0.15) is 0 Å². The monoisotopic (exact) mass is 1590 g/mol. The Kier molecular flexibility index (Phi) is 104. The summed E-state index contributed by atoms with van der Waals surface area (Å²) < 4.78 is 11.4. The zero-order valence-electron chi connectivity index (χ0n) is 76.6. The fraction of sp³-hybridized carbons (Fsp3) is 0.863. The molecule has 0 bridgehead atoms. The zero-order valence-corrected chi connectivity index (χ0v) is 76.6. The molecule has 2 heterocycles. The van der Waals surface area contributed by atoms with Crippen molar-refractivity contribution < 1.29 is 53.6 Å². The minimum atomic E-state index is 0.318. The van der Waals surface area contributed by atoms with E-state index in [-0.39, 0.29) is 0 Å². The van der Waals surface area contributed by atoms with Crippen molar-refractivity contribution in [2.45, 2.75) is 549 Å². The van der Waals surface area contributed by atoms with Gasteiger partial charge in [0.15, 0.2) is 0 Å². The Labute approximate surface area is 701 Å². The van der Waals surface area contributed by atoms with Crippen molar-refractivity contribution in [2.24, 2.45) is 0 Å². The average Bonchev–Trinajstić information content (AvgIpc) is 1.71. The first-order valence-electron chi connectivity index (χ1n) is 48.8. The molecule has 4 unspecified atom stereocenters. The van der Waals surface area contributed by atoms with Crippen LogP contribution >= 0.6 is 0 Å². The van der Waals surface area contributed by atoms with Crippen molar-refractivity contribution in [3.8, 4) is 0 Å². The Morgan fingerprint density at radius 3 is 0.487 bits per heavy atom. The van der Waals surface area contributed by atoms with E-state index < -0.39 is 0 Å². The molecule has 0 spiro atoms. The summed E-state index contributed by atoms with van der Waals surface area (Å²) in [6.07, 6.45) is 107. The molecule has 0 aromatic heterocycles. The minimum absolute atomic E-state index is 0.318. The van der Waals surface area contributed by atoms with Gasteiger partial charge in [-0.05, 0) is 228 Å². The summed E-state index contributed by atoms with van der Waals surface area (Å²) in [7, 11) is 0. The van der Waals surface area contributed by atoms with Crippen LogP contribution in [0.2, 0.25) is 0 Å². The SMILES string of the molecule is CC(=O)CCCCCCC/C=C/CCCCCCO.CC(=O)CCCCCCC/C=C\CCCCCCO.CC(=O)CCCCCCCC1OC1CCCCCCO.CCCCCC/C=C/CCCCCCCC(C)=O.CCCCCC/C=C\CCCCCCCC(C)=O.CCCCCCC1OC1CCCCCCCC(C)=O. The van der Waals surface area contributed by atoms with Gasteiger partial charge in [-0.3, -0.25) is 0 Å². The number of hydrogen-bond donors (Lipinski definition) is 3. The van der Waals surface area contributed by atoms with Gasteiger partial charge >= 0.3 is 0 Å². The number of ketones is 6. The first kappa shape index (κ1) is 116. The van der Waals surface area contributed by atoms with Crippen molar-refractivity contribution in [3.63, 3.8) is 0 Å². The quantitative estimate of drug-likeness (QED) is 0.0299. The maximum Gasteiger partial charge on any atom is 0.129 e. The lowest BCUT2D eigenvalue weighted by Gasteiger charge is -2.00. The van der Waals surface area contributed by atoms with Crippen LogP contribution in [-0.4, -0.2) is 94.3 Å². The summed E-state index contributed by atoms with van der Waals surface area (Å²) in [6, 6.07) is 0. The number of ether oxygens (including phenoxy) is 2. The largest absolute Gasteiger partial charge is 0.396 e. The number of unbranched alkanes of at least 4 members (excludes halogenated alkanes) is 50. The molecule has 0 aromatic carbocycles. The average molecular weight is 1590 g/mol. The van der Waals surface area contributed by atoms with Gasteiger partial charge in [0.05, 0.1) is 24.4 Å². The zero-order chi connectivity index (χ0) is 83.9. The molecule has 3 N–H and O–H groups in total. The Morgan fingerprint density at radius 2 is 0.327 bits per heavy atom. The first-order valence-corrected chi connectivity index (χ1v) is 48.8. The van der Waals surface area contributed by atoms with Crippen LogP contribution in [0.5, 0.6) is 0 Å². The second-order valence-corrected chi connectivity index (χ2v) is 33.7. The van der Waals surface area contributed by atoms with Crippen LogP contribution in [-0.2, 0) is 38.2 Å². The van der Waals surface area contributed by atoms with E-state index in [9.17, 15) is 28.8 Å². The lowest BCUT2D eigenvalue weighted by atomic mass is 10.0. The molecule has 0 amide bonds. The maximum atomic E-state index is 10.8. The topological polar surface area (TPSA) is 188 Å². The van der Waals surface area contributed by atoms with Crippen molar-refractivity contribution >= 4 is 34.7 Å². The second-order valence-electron chi connectivity index (χ2n) is 33.7. The number of allylic oxidation sites excluding steroid dienone is 8. The number of aliphatic hydroxyl groups excluding tert-OH is 3. The summed E-state index contributed by atoms with van der Waals surface area (Å²) in [4.78, 5) is 64.5. The Morgan fingerprint density at radius 1 is 0.195 bits per heavy atom. The molecule has 2 aliphatic rings. The van der Waals surface area contributed by atoms with E-state index in [0.29, 0.717) is 78.9 Å². The standard InChI is InChI=1S/C17H32O3.3C17H32O2.2C17H32O/c1-15(19)11-7-3-2-4-8-12-16-17(20-16)13-9-5-6-10-14-18;1-3-4-5-10-13-16-17(19-16)14-11-8-6-7-9-12-15(2)18;2*1-17(19)15-13-11-9-7-5-3-2-4-6-8-10-12-14-16-18;2*1-3-4-5-6-7-8-9-10-11-12-13-14-15-16-17(2)18/h16-18H,2-14H2,1H3;16-17H,3-14H2,1-2H3;2*2,4,18H,3,5-16H2,1H3;2*8-9H,3-7,10-16H2,1-2H3/b;;4-2+;4-2-;9-8+;9-8-. The molecule has 11 nitrogen and oxygen atoms in total. The minimum Gasteiger partial charge on any atom is -0.396 e. The van der Waals surface area contributed by atoms with Crippen LogP contribution in [0.3, 0.4) is 0 Å². The second kappa shape index (κ2) is 101.